The lowest BCUT2D eigenvalue weighted by Crippen LogP contribution is -1.95. The molecule has 148 valence electrons. The quantitative estimate of drug-likeness (QED) is 0.284. The minimum Gasteiger partial charge on any atom is -0.484 e. The summed E-state index contributed by atoms with van der Waals surface area (Å²) in [4.78, 5) is 0. The first kappa shape index (κ1) is 20.1. The van der Waals surface area contributed by atoms with Gasteiger partial charge in [-0.15, -0.1) is 10.2 Å². The fraction of sp³-hybridized carbons (Fsp3) is 0.105. The van der Waals surface area contributed by atoms with Crippen molar-refractivity contribution < 1.29 is 13.7 Å². The molecule has 29 heavy (non-hydrogen) atoms. The average Bonchev–Trinajstić information content (AvgIpc) is 3.35. The van der Waals surface area contributed by atoms with Crippen LogP contribution in [0.1, 0.15) is 11.7 Å². The summed E-state index contributed by atoms with van der Waals surface area (Å²) in [6.07, 6.45) is 0. The van der Waals surface area contributed by atoms with Gasteiger partial charge in [-0.3, -0.25) is 0 Å². The van der Waals surface area contributed by atoms with Crippen LogP contribution in [-0.4, -0.2) is 15.4 Å². The van der Waals surface area contributed by atoms with E-state index in [0.717, 1.165) is 5.56 Å². The second kappa shape index (κ2) is 9.09. The van der Waals surface area contributed by atoms with Gasteiger partial charge in [0.2, 0.25) is 0 Å². The topological polar surface area (TPSA) is 74.2 Å². The van der Waals surface area contributed by atoms with Crippen LogP contribution in [0.3, 0.4) is 0 Å². The Morgan fingerprint density at radius 3 is 2.52 bits per heavy atom. The molecule has 2 aromatic carbocycles. The maximum Gasteiger partial charge on any atom is 0.277 e. The lowest BCUT2D eigenvalue weighted by molar-refractivity contribution is 0.252. The van der Waals surface area contributed by atoms with Crippen LogP contribution in [-0.2, 0) is 12.4 Å². The molecule has 0 fully saturated rings. The Morgan fingerprint density at radius 1 is 0.931 bits per heavy atom. The summed E-state index contributed by atoms with van der Waals surface area (Å²) in [5.74, 6) is 2.15. The zero-order chi connectivity index (χ0) is 20.2. The summed E-state index contributed by atoms with van der Waals surface area (Å²) in [6.45, 7) is 0.163. The molecule has 4 aromatic rings. The third-order valence-electron chi connectivity index (χ3n) is 3.73. The first-order chi connectivity index (χ1) is 14.1. The molecular formula is C19H12Cl3N3O3S. The van der Waals surface area contributed by atoms with Crippen LogP contribution in [0.5, 0.6) is 5.75 Å². The second-order valence-electron chi connectivity index (χ2n) is 5.80. The van der Waals surface area contributed by atoms with Crippen LogP contribution < -0.4 is 4.74 Å². The van der Waals surface area contributed by atoms with Crippen molar-refractivity contribution in [3.05, 3.63) is 75.2 Å². The van der Waals surface area contributed by atoms with Gasteiger partial charge in [-0.1, -0.05) is 51.7 Å². The van der Waals surface area contributed by atoms with Crippen molar-refractivity contribution in [2.45, 2.75) is 17.6 Å². The predicted molar refractivity (Wildman–Crippen MR) is 112 cm³/mol. The number of hydrogen-bond acceptors (Lipinski definition) is 7. The number of thioether (sulfide) groups is 1. The number of ether oxygens (including phenoxy) is 1. The van der Waals surface area contributed by atoms with E-state index in [1.54, 1.807) is 42.5 Å². The van der Waals surface area contributed by atoms with Crippen molar-refractivity contribution in [1.82, 2.24) is 15.4 Å². The molecule has 0 bridgehead atoms. The van der Waals surface area contributed by atoms with Gasteiger partial charge >= 0.3 is 0 Å². The molecule has 10 heteroatoms. The van der Waals surface area contributed by atoms with Crippen molar-refractivity contribution in [3.8, 4) is 17.0 Å². The van der Waals surface area contributed by atoms with Crippen LogP contribution in [0.15, 0.2) is 62.7 Å². The van der Waals surface area contributed by atoms with Crippen molar-refractivity contribution >= 4 is 46.6 Å². The molecule has 0 saturated carbocycles. The number of rotatable bonds is 7. The lowest BCUT2D eigenvalue weighted by Gasteiger charge is -2.02. The standard InChI is InChI=1S/C19H12Cl3N3O3S/c20-11-1-4-13(5-2-11)26-9-18-23-24-19(27-18)29-10-14-8-17(25-28-14)15-6-3-12(21)7-16(15)22/h1-8H,9-10H2. The van der Waals surface area contributed by atoms with E-state index in [2.05, 4.69) is 15.4 Å². The van der Waals surface area contributed by atoms with E-state index in [1.807, 2.05) is 6.07 Å². The molecule has 6 nitrogen and oxygen atoms in total. The van der Waals surface area contributed by atoms with E-state index in [4.69, 9.17) is 48.5 Å². The van der Waals surface area contributed by atoms with Gasteiger partial charge in [0.25, 0.3) is 11.1 Å². The Balaban J connectivity index is 1.33. The molecule has 0 radical (unpaired) electrons. The van der Waals surface area contributed by atoms with E-state index in [9.17, 15) is 0 Å². The van der Waals surface area contributed by atoms with E-state index >= 15 is 0 Å². The molecule has 0 atom stereocenters. The Hall–Kier alpha value is -2.19. The molecule has 0 amide bonds. The maximum absolute atomic E-state index is 6.21. The van der Waals surface area contributed by atoms with Crippen LogP contribution in [0.25, 0.3) is 11.3 Å². The minimum absolute atomic E-state index is 0.163. The van der Waals surface area contributed by atoms with Gasteiger partial charge in [0.1, 0.15) is 17.2 Å². The SMILES string of the molecule is Clc1ccc(OCc2nnc(SCc3cc(-c4ccc(Cl)cc4Cl)no3)o2)cc1. The summed E-state index contributed by atoms with van der Waals surface area (Å²) >= 11 is 19.3. The monoisotopic (exact) mass is 467 g/mol. The molecule has 0 aliphatic rings. The number of hydrogen-bond donors (Lipinski definition) is 0. The molecule has 2 aromatic heterocycles. The summed E-state index contributed by atoms with van der Waals surface area (Å²) in [7, 11) is 0. The largest absolute Gasteiger partial charge is 0.484 e. The Bertz CT molecular complexity index is 1120. The van der Waals surface area contributed by atoms with E-state index in [-0.39, 0.29) is 6.61 Å². The zero-order valence-corrected chi connectivity index (χ0v) is 17.7. The van der Waals surface area contributed by atoms with Gasteiger partial charge in [0.15, 0.2) is 6.61 Å². The molecule has 0 aliphatic carbocycles. The van der Waals surface area contributed by atoms with Crippen molar-refractivity contribution in [2.24, 2.45) is 0 Å². The zero-order valence-electron chi connectivity index (χ0n) is 14.6. The minimum atomic E-state index is 0.163. The highest BCUT2D eigenvalue weighted by Crippen LogP contribution is 2.31. The van der Waals surface area contributed by atoms with Crippen LogP contribution in [0, 0.1) is 0 Å². The first-order valence-corrected chi connectivity index (χ1v) is 10.4. The molecule has 0 saturated heterocycles. The predicted octanol–water partition coefficient (Wildman–Crippen LogP) is 6.56. The molecule has 0 aliphatic heterocycles. The van der Waals surface area contributed by atoms with E-state index < -0.39 is 0 Å². The fourth-order valence-corrected chi connectivity index (χ4v) is 3.66. The highest BCUT2D eigenvalue weighted by atomic mass is 35.5. The van der Waals surface area contributed by atoms with E-state index in [1.165, 1.54) is 11.8 Å². The third kappa shape index (κ3) is 5.25. The average molecular weight is 469 g/mol. The fourth-order valence-electron chi connectivity index (χ4n) is 2.37. The number of halogens is 3. The smallest absolute Gasteiger partial charge is 0.277 e. The summed E-state index contributed by atoms with van der Waals surface area (Å²) in [6, 6.07) is 14.0. The van der Waals surface area contributed by atoms with Gasteiger partial charge in [0, 0.05) is 21.7 Å². The lowest BCUT2D eigenvalue weighted by atomic mass is 10.1. The van der Waals surface area contributed by atoms with Gasteiger partial charge in [-0.05, 0) is 42.5 Å². The molecule has 0 spiro atoms. The number of nitrogens with zero attached hydrogens (tertiary/aromatic N) is 3. The Morgan fingerprint density at radius 2 is 1.72 bits per heavy atom. The Labute approximate surface area is 185 Å². The summed E-state index contributed by atoms with van der Waals surface area (Å²) < 4.78 is 16.5. The molecule has 2 heterocycles. The first-order valence-electron chi connectivity index (χ1n) is 8.31. The van der Waals surface area contributed by atoms with Crippen LogP contribution in [0.4, 0.5) is 0 Å². The van der Waals surface area contributed by atoms with Crippen LogP contribution in [0.2, 0.25) is 15.1 Å². The third-order valence-corrected chi connectivity index (χ3v) is 5.37. The van der Waals surface area contributed by atoms with Gasteiger partial charge in [0.05, 0.1) is 10.8 Å². The molecule has 4 rings (SSSR count). The number of aromatic nitrogens is 3. The highest BCUT2D eigenvalue weighted by Gasteiger charge is 2.13. The van der Waals surface area contributed by atoms with Crippen LogP contribution >= 0.6 is 46.6 Å². The van der Waals surface area contributed by atoms with Crippen molar-refractivity contribution in [1.29, 1.82) is 0 Å². The maximum atomic E-state index is 6.21. The molecule has 0 N–H and O–H groups in total. The van der Waals surface area contributed by atoms with Gasteiger partial charge in [-0.2, -0.15) is 0 Å². The normalized spacial score (nSPS) is 11.0. The Kier molecular flexibility index (Phi) is 6.30. The van der Waals surface area contributed by atoms with E-state index in [0.29, 0.717) is 49.1 Å². The number of benzene rings is 2. The molecule has 0 unspecified atom stereocenters. The van der Waals surface area contributed by atoms with Gasteiger partial charge < -0.3 is 13.7 Å². The second-order valence-corrected chi connectivity index (χ2v) is 8.00. The highest BCUT2D eigenvalue weighted by molar-refractivity contribution is 7.98. The molecular weight excluding hydrogens is 457 g/mol. The van der Waals surface area contributed by atoms with Gasteiger partial charge in [-0.25, -0.2) is 0 Å². The summed E-state index contributed by atoms with van der Waals surface area (Å²) in [5, 5.41) is 14.1. The summed E-state index contributed by atoms with van der Waals surface area (Å²) in [5.41, 5.74) is 1.38. The van der Waals surface area contributed by atoms with Crippen molar-refractivity contribution in [2.75, 3.05) is 0 Å². The van der Waals surface area contributed by atoms with Crippen molar-refractivity contribution in [3.63, 3.8) is 0 Å².